The predicted molar refractivity (Wildman–Crippen MR) is 75.3 cm³/mol. The average molecular weight is 356 g/mol. The molecule has 1 heterocycles. The summed E-state index contributed by atoms with van der Waals surface area (Å²) in [5.74, 6) is -2.26. The molecule has 1 atom stereocenters. The fourth-order valence-electron chi connectivity index (χ4n) is 1.70. The number of imidazole rings is 1. The van der Waals surface area contributed by atoms with Crippen molar-refractivity contribution in [2.24, 2.45) is 0 Å². The number of carboxylic acids is 1. The molecular weight excluding hydrogens is 345 g/mol. The van der Waals surface area contributed by atoms with Gasteiger partial charge in [0.05, 0.1) is 10.8 Å². The summed E-state index contributed by atoms with van der Waals surface area (Å²) < 4.78 is 13.3. The Bertz CT molecular complexity index is 661. The van der Waals surface area contributed by atoms with Crippen molar-refractivity contribution in [2.75, 3.05) is 0 Å². The molecule has 0 aliphatic rings. The van der Waals surface area contributed by atoms with Crippen LogP contribution in [0, 0.1) is 5.82 Å². The van der Waals surface area contributed by atoms with Crippen molar-refractivity contribution in [1.29, 1.82) is 0 Å². The third-order valence-electron chi connectivity index (χ3n) is 2.76. The molecule has 1 aromatic carbocycles. The summed E-state index contributed by atoms with van der Waals surface area (Å²) in [6, 6.07) is 2.59. The number of aromatic nitrogens is 2. The van der Waals surface area contributed by atoms with Gasteiger partial charge in [-0.25, -0.2) is 14.2 Å². The first-order chi connectivity index (χ1) is 9.97. The molecule has 0 aliphatic heterocycles. The van der Waals surface area contributed by atoms with Crippen molar-refractivity contribution < 1.29 is 19.1 Å². The second kappa shape index (κ2) is 6.49. The summed E-state index contributed by atoms with van der Waals surface area (Å²) >= 11 is 2.97. The van der Waals surface area contributed by atoms with E-state index in [0.717, 1.165) is 6.07 Å². The molecule has 0 bridgehead atoms. The van der Waals surface area contributed by atoms with E-state index in [1.807, 2.05) is 0 Å². The van der Waals surface area contributed by atoms with Crippen LogP contribution in [0.25, 0.3) is 0 Å². The predicted octanol–water partition coefficient (Wildman–Crippen LogP) is 1.74. The van der Waals surface area contributed by atoms with Gasteiger partial charge in [0.1, 0.15) is 11.9 Å². The van der Waals surface area contributed by atoms with Crippen LogP contribution in [0.15, 0.2) is 35.2 Å². The van der Waals surface area contributed by atoms with Crippen LogP contribution in [0.5, 0.6) is 0 Å². The van der Waals surface area contributed by atoms with Gasteiger partial charge in [0.25, 0.3) is 5.91 Å². The topological polar surface area (TPSA) is 95.1 Å². The molecule has 0 saturated carbocycles. The molecule has 1 unspecified atom stereocenters. The minimum absolute atomic E-state index is 0.0729. The van der Waals surface area contributed by atoms with Crippen LogP contribution in [-0.4, -0.2) is 33.0 Å². The Morgan fingerprint density at radius 3 is 2.81 bits per heavy atom. The van der Waals surface area contributed by atoms with Crippen molar-refractivity contribution in [2.45, 2.75) is 12.5 Å². The van der Waals surface area contributed by atoms with Crippen LogP contribution in [0.4, 0.5) is 4.39 Å². The van der Waals surface area contributed by atoms with E-state index < -0.39 is 23.7 Å². The lowest BCUT2D eigenvalue weighted by atomic mass is 10.1. The Kier molecular flexibility index (Phi) is 4.69. The molecule has 0 aliphatic carbocycles. The highest BCUT2D eigenvalue weighted by Crippen LogP contribution is 2.17. The zero-order valence-electron chi connectivity index (χ0n) is 10.6. The fraction of sp³-hybridized carbons (Fsp3) is 0.154. The zero-order chi connectivity index (χ0) is 15.4. The lowest BCUT2D eigenvalue weighted by Crippen LogP contribution is -2.42. The zero-order valence-corrected chi connectivity index (χ0v) is 12.2. The summed E-state index contributed by atoms with van der Waals surface area (Å²) in [6.07, 6.45) is 2.98. The molecular formula is C13H11BrFN3O3. The van der Waals surface area contributed by atoms with Crippen LogP contribution < -0.4 is 5.32 Å². The van der Waals surface area contributed by atoms with Gasteiger partial charge in [0, 0.05) is 23.9 Å². The van der Waals surface area contributed by atoms with Gasteiger partial charge in [-0.05, 0) is 34.1 Å². The van der Waals surface area contributed by atoms with Gasteiger partial charge in [0.15, 0.2) is 0 Å². The number of rotatable bonds is 5. The summed E-state index contributed by atoms with van der Waals surface area (Å²) in [5, 5.41) is 11.5. The number of halogens is 2. The maximum absolute atomic E-state index is 13.1. The smallest absolute Gasteiger partial charge is 0.326 e. The third-order valence-corrected chi connectivity index (χ3v) is 3.37. The second-order valence-corrected chi connectivity index (χ2v) is 5.13. The van der Waals surface area contributed by atoms with E-state index in [1.165, 1.54) is 24.7 Å². The monoisotopic (exact) mass is 355 g/mol. The quantitative estimate of drug-likeness (QED) is 0.761. The number of hydrogen-bond acceptors (Lipinski definition) is 3. The molecule has 1 aromatic heterocycles. The van der Waals surface area contributed by atoms with Crippen LogP contribution in [0.1, 0.15) is 16.1 Å². The van der Waals surface area contributed by atoms with E-state index in [4.69, 9.17) is 5.11 Å². The highest BCUT2D eigenvalue weighted by atomic mass is 79.9. The number of aliphatic carboxylic acids is 1. The van der Waals surface area contributed by atoms with Crippen LogP contribution in [0.3, 0.4) is 0 Å². The molecule has 8 heteroatoms. The summed E-state index contributed by atoms with van der Waals surface area (Å²) in [4.78, 5) is 29.8. The number of nitrogens with one attached hydrogen (secondary N) is 2. The normalized spacial score (nSPS) is 11.9. The van der Waals surface area contributed by atoms with Gasteiger partial charge in [-0.1, -0.05) is 0 Å². The Morgan fingerprint density at radius 1 is 1.48 bits per heavy atom. The van der Waals surface area contributed by atoms with E-state index in [2.05, 4.69) is 31.2 Å². The lowest BCUT2D eigenvalue weighted by Gasteiger charge is -2.13. The molecule has 2 aromatic rings. The highest BCUT2D eigenvalue weighted by Gasteiger charge is 2.22. The maximum Gasteiger partial charge on any atom is 0.326 e. The molecule has 2 rings (SSSR count). The number of carboxylic acid groups (broad SMARTS) is 1. The standard InChI is InChI=1S/C13H11BrFN3O3/c14-9-3-7(1-2-10(9)15)12(19)18-11(13(20)21)4-8-5-16-6-17-8/h1-3,5-6,11H,4H2,(H,16,17)(H,18,19)(H,20,21). The number of carbonyl (C=O) groups excluding carboxylic acids is 1. The van der Waals surface area contributed by atoms with Crippen molar-refractivity contribution >= 4 is 27.8 Å². The Labute approximate surface area is 127 Å². The van der Waals surface area contributed by atoms with Gasteiger partial charge < -0.3 is 15.4 Å². The Balaban J connectivity index is 2.10. The van der Waals surface area contributed by atoms with E-state index in [-0.39, 0.29) is 16.5 Å². The molecule has 6 nitrogen and oxygen atoms in total. The molecule has 0 saturated heterocycles. The number of H-pyrrole nitrogens is 1. The third kappa shape index (κ3) is 3.88. The largest absolute Gasteiger partial charge is 0.480 e. The molecule has 0 fully saturated rings. The first-order valence-electron chi connectivity index (χ1n) is 5.93. The van der Waals surface area contributed by atoms with E-state index in [0.29, 0.717) is 5.69 Å². The van der Waals surface area contributed by atoms with Crippen molar-refractivity contribution in [1.82, 2.24) is 15.3 Å². The fourth-order valence-corrected chi connectivity index (χ4v) is 2.07. The lowest BCUT2D eigenvalue weighted by molar-refractivity contribution is -0.139. The van der Waals surface area contributed by atoms with Crippen molar-refractivity contribution in [3.63, 3.8) is 0 Å². The first-order valence-corrected chi connectivity index (χ1v) is 6.72. The van der Waals surface area contributed by atoms with Gasteiger partial charge in [-0.15, -0.1) is 0 Å². The minimum atomic E-state index is -1.17. The number of hydrogen-bond donors (Lipinski definition) is 3. The SMILES string of the molecule is O=C(NC(Cc1cnc[nH]1)C(=O)O)c1ccc(F)c(Br)c1. The Morgan fingerprint density at radius 2 is 2.24 bits per heavy atom. The summed E-state index contributed by atoms with van der Waals surface area (Å²) in [6.45, 7) is 0. The van der Waals surface area contributed by atoms with Crippen LogP contribution in [0.2, 0.25) is 0 Å². The molecule has 0 spiro atoms. The van der Waals surface area contributed by atoms with Crippen molar-refractivity contribution in [3.05, 3.63) is 52.3 Å². The van der Waals surface area contributed by atoms with Gasteiger partial charge in [-0.2, -0.15) is 0 Å². The molecule has 1 amide bonds. The number of nitrogens with zero attached hydrogens (tertiary/aromatic N) is 1. The highest BCUT2D eigenvalue weighted by molar-refractivity contribution is 9.10. The summed E-state index contributed by atoms with van der Waals surface area (Å²) in [5.41, 5.74) is 0.752. The molecule has 0 radical (unpaired) electrons. The van der Waals surface area contributed by atoms with Crippen molar-refractivity contribution in [3.8, 4) is 0 Å². The number of amides is 1. The minimum Gasteiger partial charge on any atom is -0.480 e. The van der Waals surface area contributed by atoms with E-state index >= 15 is 0 Å². The number of carbonyl (C=O) groups is 2. The Hall–Kier alpha value is -2.22. The van der Waals surface area contributed by atoms with E-state index in [9.17, 15) is 14.0 Å². The molecule has 110 valence electrons. The van der Waals surface area contributed by atoms with Gasteiger partial charge >= 0.3 is 5.97 Å². The molecule has 3 N–H and O–H groups in total. The summed E-state index contributed by atoms with van der Waals surface area (Å²) in [7, 11) is 0. The number of benzene rings is 1. The van der Waals surface area contributed by atoms with Gasteiger partial charge in [0.2, 0.25) is 0 Å². The van der Waals surface area contributed by atoms with Crippen LogP contribution in [-0.2, 0) is 11.2 Å². The average Bonchev–Trinajstić information content (AvgIpc) is 2.93. The first kappa shape index (κ1) is 15.2. The van der Waals surface area contributed by atoms with E-state index in [1.54, 1.807) is 0 Å². The molecule has 21 heavy (non-hydrogen) atoms. The van der Waals surface area contributed by atoms with Gasteiger partial charge in [-0.3, -0.25) is 4.79 Å². The maximum atomic E-state index is 13.1. The number of aromatic amines is 1. The second-order valence-electron chi connectivity index (χ2n) is 4.27. The van der Waals surface area contributed by atoms with Crippen LogP contribution >= 0.6 is 15.9 Å².